The molecule has 0 bridgehead atoms. The van der Waals surface area contributed by atoms with Gasteiger partial charge < -0.3 is 10.8 Å². The molecule has 2 nitrogen and oxygen atoms in total. The molecule has 0 saturated carbocycles. The number of nitrogen functional groups attached to an aromatic ring is 1. The standard InChI is InChI=1S/C14H14FNO/c1-9-4-2-7-12(13(9)16)14(17)10-5-3-6-11(15)8-10/h2-8,14,17H,16H2,1H3. The Hall–Kier alpha value is -1.87. The van der Waals surface area contributed by atoms with Gasteiger partial charge in [-0.3, -0.25) is 0 Å². The molecule has 0 aliphatic carbocycles. The molecule has 0 spiro atoms. The number of para-hydroxylation sites is 1. The normalized spacial score (nSPS) is 12.4. The van der Waals surface area contributed by atoms with Gasteiger partial charge in [-0.2, -0.15) is 0 Å². The third kappa shape index (κ3) is 2.29. The maximum Gasteiger partial charge on any atom is 0.123 e. The van der Waals surface area contributed by atoms with Gasteiger partial charge in [0.2, 0.25) is 0 Å². The summed E-state index contributed by atoms with van der Waals surface area (Å²) in [5.74, 6) is -0.368. The van der Waals surface area contributed by atoms with Gasteiger partial charge in [0.05, 0.1) is 0 Å². The van der Waals surface area contributed by atoms with E-state index in [2.05, 4.69) is 0 Å². The van der Waals surface area contributed by atoms with Crippen LogP contribution in [0.4, 0.5) is 10.1 Å². The van der Waals surface area contributed by atoms with Crippen LogP contribution >= 0.6 is 0 Å². The summed E-state index contributed by atoms with van der Waals surface area (Å²) in [5, 5.41) is 10.2. The lowest BCUT2D eigenvalue weighted by atomic mass is 9.98. The monoisotopic (exact) mass is 231 g/mol. The van der Waals surface area contributed by atoms with E-state index >= 15 is 0 Å². The van der Waals surface area contributed by atoms with E-state index in [-0.39, 0.29) is 5.82 Å². The summed E-state index contributed by atoms with van der Waals surface area (Å²) in [6.07, 6.45) is -0.898. The second-order valence-corrected chi connectivity index (χ2v) is 4.04. The van der Waals surface area contributed by atoms with E-state index in [1.165, 1.54) is 12.1 Å². The fraction of sp³-hybridized carbons (Fsp3) is 0.143. The highest BCUT2D eigenvalue weighted by Crippen LogP contribution is 2.28. The smallest absolute Gasteiger partial charge is 0.123 e. The second kappa shape index (κ2) is 4.55. The number of nitrogens with two attached hydrogens (primary N) is 1. The van der Waals surface area contributed by atoms with Crippen molar-refractivity contribution in [1.82, 2.24) is 0 Å². The van der Waals surface area contributed by atoms with Crippen molar-refractivity contribution in [2.24, 2.45) is 0 Å². The molecule has 2 rings (SSSR count). The van der Waals surface area contributed by atoms with Crippen LogP contribution in [0.1, 0.15) is 22.8 Å². The van der Waals surface area contributed by atoms with Gasteiger partial charge in [-0.15, -0.1) is 0 Å². The number of aryl methyl sites for hydroxylation is 1. The van der Waals surface area contributed by atoms with Gasteiger partial charge in [0.15, 0.2) is 0 Å². The lowest BCUT2D eigenvalue weighted by molar-refractivity contribution is 0.220. The van der Waals surface area contributed by atoms with Gasteiger partial charge in [0.1, 0.15) is 11.9 Å². The summed E-state index contributed by atoms with van der Waals surface area (Å²) in [6.45, 7) is 1.87. The Balaban J connectivity index is 2.44. The molecular weight excluding hydrogens is 217 g/mol. The first-order valence-corrected chi connectivity index (χ1v) is 5.38. The summed E-state index contributed by atoms with van der Waals surface area (Å²) >= 11 is 0. The summed E-state index contributed by atoms with van der Waals surface area (Å²) in [5.41, 5.74) is 8.46. The number of anilines is 1. The highest BCUT2D eigenvalue weighted by molar-refractivity contribution is 5.55. The molecule has 0 aromatic heterocycles. The molecule has 0 heterocycles. The lowest BCUT2D eigenvalue weighted by Gasteiger charge is -2.15. The van der Waals surface area contributed by atoms with Crippen molar-refractivity contribution in [3.63, 3.8) is 0 Å². The largest absolute Gasteiger partial charge is 0.398 e. The van der Waals surface area contributed by atoms with E-state index in [4.69, 9.17) is 5.73 Å². The lowest BCUT2D eigenvalue weighted by Crippen LogP contribution is -2.05. The first kappa shape index (κ1) is 11.6. The number of benzene rings is 2. The van der Waals surface area contributed by atoms with Crippen molar-refractivity contribution < 1.29 is 9.50 Å². The van der Waals surface area contributed by atoms with E-state index in [1.807, 2.05) is 19.1 Å². The average molecular weight is 231 g/mol. The average Bonchev–Trinajstić information content (AvgIpc) is 2.32. The molecule has 0 saturated heterocycles. The molecule has 88 valence electrons. The van der Waals surface area contributed by atoms with E-state index in [0.717, 1.165) is 5.56 Å². The molecule has 17 heavy (non-hydrogen) atoms. The zero-order chi connectivity index (χ0) is 12.4. The molecule has 0 radical (unpaired) electrons. The van der Waals surface area contributed by atoms with Crippen LogP contribution in [0, 0.1) is 12.7 Å². The van der Waals surface area contributed by atoms with Crippen LogP contribution in [0.5, 0.6) is 0 Å². The predicted octanol–water partition coefficient (Wildman–Crippen LogP) is 2.80. The maximum absolute atomic E-state index is 13.1. The van der Waals surface area contributed by atoms with Gasteiger partial charge >= 0.3 is 0 Å². The van der Waals surface area contributed by atoms with Crippen molar-refractivity contribution in [2.75, 3.05) is 5.73 Å². The number of hydrogen-bond acceptors (Lipinski definition) is 2. The quantitative estimate of drug-likeness (QED) is 0.781. The zero-order valence-electron chi connectivity index (χ0n) is 9.52. The van der Waals surface area contributed by atoms with Crippen LogP contribution in [-0.4, -0.2) is 5.11 Å². The first-order chi connectivity index (χ1) is 8.09. The summed E-state index contributed by atoms with van der Waals surface area (Å²) in [4.78, 5) is 0. The summed E-state index contributed by atoms with van der Waals surface area (Å²) in [6, 6.07) is 11.3. The molecular formula is C14H14FNO. The van der Waals surface area contributed by atoms with Crippen molar-refractivity contribution in [3.8, 4) is 0 Å². The number of aliphatic hydroxyl groups is 1. The van der Waals surface area contributed by atoms with Crippen molar-refractivity contribution in [1.29, 1.82) is 0 Å². The Labute approximate surface area is 99.5 Å². The molecule has 2 aromatic rings. The van der Waals surface area contributed by atoms with Crippen molar-refractivity contribution in [2.45, 2.75) is 13.0 Å². The van der Waals surface area contributed by atoms with E-state index in [0.29, 0.717) is 16.8 Å². The van der Waals surface area contributed by atoms with Gasteiger partial charge in [0.25, 0.3) is 0 Å². The molecule has 1 unspecified atom stereocenters. The number of aliphatic hydroxyl groups excluding tert-OH is 1. The van der Waals surface area contributed by atoms with E-state index < -0.39 is 6.10 Å². The van der Waals surface area contributed by atoms with Gasteiger partial charge in [-0.25, -0.2) is 4.39 Å². The van der Waals surface area contributed by atoms with Crippen LogP contribution in [0.25, 0.3) is 0 Å². The molecule has 3 heteroatoms. The first-order valence-electron chi connectivity index (χ1n) is 5.38. The minimum absolute atomic E-state index is 0.368. The van der Waals surface area contributed by atoms with Crippen LogP contribution in [0.15, 0.2) is 42.5 Å². The number of rotatable bonds is 2. The minimum Gasteiger partial charge on any atom is -0.398 e. The van der Waals surface area contributed by atoms with Crippen LogP contribution in [0.2, 0.25) is 0 Å². The molecule has 0 aliphatic rings. The van der Waals surface area contributed by atoms with E-state index in [1.54, 1.807) is 18.2 Å². The molecule has 0 amide bonds. The molecule has 2 aromatic carbocycles. The number of halogens is 1. The Bertz CT molecular complexity index is 539. The summed E-state index contributed by atoms with van der Waals surface area (Å²) in [7, 11) is 0. The Morgan fingerprint density at radius 1 is 1.18 bits per heavy atom. The number of hydrogen-bond donors (Lipinski definition) is 2. The van der Waals surface area contributed by atoms with Crippen molar-refractivity contribution >= 4 is 5.69 Å². The predicted molar refractivity (Wildman–Crippen MR) is 66.1 cm³/mol. The molecule has 0 aliphatic heterocycles. The van der Waals surface area contributed by atoms with Crippen LogP contribution in [-0.2, 0) is 0 Å². The topological polar surface area (TPSA) is 46.2 Å². The Morgan fingerprint density at radius 2 is 1.88 bits per heavy atom. The van der Waals surface area contributed by atoms with Crippen LogP contribution < -0.4 is 5.73 Å². The highest BCUT2D eigenvalue weighted by atomic mass is 19.1. The third-order valence-corrected chi connectivity index (χ3v) is 2.82. The van der Waals surface area contributed by atoms with Gasteiger partial charge in [-0.05, 0) is 30.2 Å². The Kier molecular flexibility index (Phi) is 3.11. The molecule has 3 N–H and O–H groups in total. The molecule has 0 fully saturated rings. The fourth-order valence-corrected chi connectivity index (χ4v) is 1.80. The van der Waals surface area contributed by atoms with Crippen LogP contribution in [0.3, 0.4) is 0 Å². The zero-order valence-corrected chi connectivity index (χ0v) is 9.52. The highest BCUT2D eigenvalue weighted by Gasteiger charge is 2.14. The van der Waals surface area contributed by atoms with Gasteiger partial charge in [-0.1, -0.05) is 30.3 Å². The second-order valence-electron chi connectivity index (χ2n) is 4.04. The third-order valence-electron chi connectivity index (χ3n) is 2.82. The van der Waals surface area contributed by atoms with Gasteiger partial charge in [0, 0.05) is 11.3 Å². The van der Waals surface area contributed by atoms with E-state index in [9.17, 15) is 9.50 Å². The fourth-order valence-electron chi connectivity index (χ4n) is 1.80. The summed E-state index contributed by atoms with van der Waals surface area (Å²) < 4.78 is 13.1. The van der Waals surface area contributed by atoms with Crippen molar-refractivity contribution in [3.05, 3.63) is 65.0 Å². The maximum atomic E-state index is 13.1. The molecule has 1 atom stereocenters. The Morgan fingerprint density at radius 3 is 2.59 bits per heavy atom. The minimum atomic E-state index is -0.898. The SMILES string of the molecule is Cc1cccc(C(O)c2cccc(F)c2)c1N.